The Morgan fingerprint density at radius 1 is 1.00 bits per heavy atom. The normalized spacial score (nSPS) is 17.8. The lowest BCUT2D eigenvalue weighted by Gasteiger charge is -2.42. The molecule has 2 aliphatic heterocycles. The zero-order chi connectivity index (χ0) is 19.7. The van der Waals surface area contributed by atoms with Gasteiger partial charge in [0.15, 0.2) is 0 Å². The molecule has 0 spiro atoms. The van der Waals surface area contributed by atoms with Crippen LogP contribution in [-0.4, -0.2) is 51.5 Å². The van der Waals surface area contributed by atoms with Crippen LogP contribution in [-0.2, 0) is 14.6 Å². The van der Waals surface area contributed by atoms with Crippen LogP contribution in [0.4, 0.5) is 5.69 Å². The summed E-state index contributed by atoms with van der Waals surface area (Å²) in [4.78, 5) is 16.3. The Morgan fingerprint density at radius 3 is 2.39 bits per heavy atom. The quantitative estimate of drug-likeness (QED) is 0.793. The number of carbonyl (C=O) groups excluding carboxylic acids is 1. The average Bonchev–Trinajstić information content (AvgIpc) is 2.73. The van der Waals surface area contributed by atoms with E-state index in [9.17, 15) is 13.2 Å². The van der Waals surface area contributed by atoms with E-state index >= 15 is 0 Å². The highest BCUT2D eigenvalue weighted by atomic mass is 32.2. The lowest BCUT2D eigenvalue weighted by atomic mass is 10.0. The smallest absolute Gasteiger partial charge is 0.219 e. The molecule has 0 bridgehead atoms. The Balaban J connectivity index is 1.59. The minimum atomic E-state index is -3.57. The minimum Gasteiger partial charge on any atom is -0.490 e. The summed E-state index contributed by atoms with van der Waals surface area (Å²) in [6.45, 7) is 4.41. The first-order valence-corrected chi connectivity index (χ1v) is 11.0. The molecule has 1 amide bonds. The number of carbonyl (C=O) groups is 1. The van der Waals surface area contributed by atoms with Gasteiger partial charge in [-0.25, -0.2) is 8.42 Å². The van der Waals surface area contributed by atoms with Gasteiger partial charge in [0.25, 0.3) is 0 Å². The average molecular weight is 401 g/mol. The number of nitrogens with zero attached hydrogens (tertiary/aromatic N) is 2. The number of sulfone groups is 1. The number of hydrogen-bond donors (Lipinski definition) is 0. The molecule has 28 heavy (non-hydrogen) atoms. The van der Waals surface area contributed by atoms with Gasteiger partial charge in [-0.2, -0.15) is 0 Å². The number of ether oxygens (including phenoxy) is 1. The second-order valence-corrected chi connectivity index (χ2v) is 9.17. The van der Waals surface area contributed by atoms with Crippen LogP contribution in [0, 0.1) is 0 Å². The molecule has 6 nitrogen and oxygen atoms in total. The second-order valence-electron chi connectivity index (χ2n) is 7.23. The third-order valence-corrected chi connectivity index (χ3v) is 7.31. The van der Waals surface area contributed by atoms with E-state index < -0.39 is 9.84 Å². The third-order valence-electron chi connectivity index (χ3n) is 5.54. The summed E-state index contributed by atoms with van der Waals surface area (Å²) in [7, 11) is -3.57. The molecular formula is C21H24N2O4S. The van der Waals surface area contributed by atoms with Crippen LogP contribution >= 0.6 is 0 Å². The highest BCUT2D eigenvalue weighted by Gasteiger charge is 2.30. The van der Waals surface area contributed by atoms with E-state index in [0.717, 1.165) is 38.2 Å². The van der Waals surface area contributed by atoms with Gasteiger partial charge in [-0.3, -0.25) is 4.79 Å². The lowest BCUT2D eigenvalue weighted by Crippen LogP contribution is -2.48. The van der Waals surface area contributed by atoms with Gasteiger partial charge < -0.3 is 14.5 Å². The Hall–Kier alpha value is -2.54. The minimum absolute atomic E-state index is 0.122. The number of amides is 1. The number of piperidine rings is 1. The first-order chi connectivity index (χ1) is 13.5. The summed E-state index contributed by atoms with van der Waals surface area (Å²) in [5.41, 5.74) is 0.930. The zero-order valence-electron chi connectivity index (χ0n) is 15.9. The van der Waals surface area contributed by atoms with E-state index in [4.69, 9.17) is 4.74 Å². The van der Waals surface area contributed by atoms with Crippen molar-refractivity contribution in [1.29, 1.82) is 0 Å². The number of fused-ring (bicyclic) bond motifs is 1. The van der Waals surface area contributed by atoms with Gasteiger partial charge in [0.2, 0.25) is 15.7 Å². The van der Waals surface area contributed by atoms with Crippen molar-refractivity contribution in [3.63, 3.8) is 0 Å². The van der Waals surface area contributed by atoms with Crippen LogP contribution in [0.3, 0.4) is 0 Å². The van der Waals surface area contributed by atoms with E-state index in [1.165, 1.54) is 0 Å². The van der Waals surface area contributed by atoms with E-state index in [1.807, 2.05) is 11.0 Å². The maximum absolute atomic E-state index is 12.9. The van der Waals surface area contributed by atoms with Crippen molar-refractivity contribution < 1.29 is 17.9 Å². The molecule has 1 fully saturated rings. The van der Waals surface area contributed by atoms with E-state index in [-0.39, 0.29) is 15.7 Å². The molecule has 0 aliphatic carbocycles. The Kier molecular flexibility index (Phi) is 5.02. The molecule has 2 aromatic rings. The lowest BCUT2D eigenvalue weighted by molar-refractivity contribution is -0.129. The molecule has 0 aromatic heterocycles. The van der Waals surface area contributed by atoms with Crippen molar-refractivity contribution in [3.8, 4) is 5.75 Å². The maximum Gasteiger partial charge on any atom is 0.219 e. The van der Waals surface area contributed by atoms with E-state index in [0.29, 0.717) is 18.4 Å². The van der Waals surface area contributed by atoms with Gasteiger partial charge in [0.1, 0.15) is 12.4 Å². The fourth-order valence-corrected chi connectivity index (χ4v) is 5.29. The molecule has 2 heterocycles. The molecule has 4 rings (SSSR count). The molecule has 0 saturated carbocycles. The molecule has 0 N–H and O–H groups in total. The molecular weight excluding hydrogens is 376 g/mol. The molecule has 1 saturated heterocycles. The summed E-state index contributed by atoms with van der Waals surface area (Å²) in [6.07, 6.45) is 1.81. The molecule has 2 aromatic carbocycles. The SMILES string of the molecule is CC(=O)N1CCC(N2CCOc3cc(S(=O)(=O)c4ccccc4)ccc32)CC1. The predicted octanol–water partition coefficient (Wildman–Crippen LogP) is 2.73. The third kappa shape index (κ3) is 3.46. The number of anilines is 1. The van der Waals surface area contributed by atoms with Gasteiger partial charge >= 0.3 is 0 Å². The highest BCUT2D eigenvalue weighted by Crippen LogP contribution is 2.37. The summed E-state index contributed by atoms with van der Waals surface area (Å²) in [6, 6.07) is 13.9. The van der Waals surface area contributed by atoms with Crippen LogP contribution in [0.1, 0.15) is 19.8 Å². The predicted molar refractivity (Wildman–Crippen MR) is 106 cm³/mol. The van der Waals surface area contributed by atoms with Crippen molar-refractivity contribution in [2.45, 2.75) is 35.6 Å². The number of benzene rings is 2. The molecule has 2 aliphatic rings. The van der Waals surface area contributed by atoms with Crippen molar-refractivity contribution in [2.75, 3.05) is 31.1 Å². The summed E-state index contributed by atoms with van der Waals surface area (Å²) < 4.78 is 31.6. The number of hydrogen-bond acceptors (Lipinski definition) is 5. The fraction of sp³-hybridized carbons (Fsp3) is 0.381. The van der Waals surface area contributed by atoms with Crippen molar-refractivity contribution in [3.05, 3.63) is 48.5 Å². The van der Waals surface area contributed by atoms with Crippen molar-refractivity contribution >= 4 is 21.4 Å². The molecule has 7 heteroatoms. The Bertz CT molecular complexity index is 967. The topological polar surface area (TPSA) is 66.9 Å². The Labute approximate surface area is 165 Å². The molecule has 0 unspecified atom stereocenters. The summed E-state index contributed by atoms with van der Waals surface area (Å²) >= 11 is 0. The first kappa shape index (κ1) is 18.8. The second kappa shape index (κ2) is 7.47. The van der Waals surface area contributed by atoms with E-state index in [1.54, 1.807) is 49.4 Å². The first-order valence-electron chi connectivity index (χ1n) is 9.56. The molecule has 0 radical (unpaired) electrons. The number of likely N-dealkylation sites (tertiary alicyclic amines) is 1. The monoisotopic (exact) mass is 400 g/mol. The van der Waals surface area contributed by atoms with Gasteiger partial charge in [-0.05, 0) is 37.1 Å². The summed E-state index contributed by atoms with van der Waals surface area (Å²) in [5, 5.41) is 0. The zero-order valence-corrected chi connectivity index (χ0v) is 16.7. The van der Waals surface area contributed by atoms with Gasteiger partial charge in [-0.1, -0.05) is 18.2 Å². The summed E-state index contributed by atoms with van der Waals surface area (Å²) in [5.74, 6) is 0.730. The van der Waals surface area contributed by atoms with Crippen LogP contribution in [0.2, 0.25) is 0 Å². The molecule has 148 valence electrons. The fourth-order valence-electron chi connectivity index (χ4n) is 4.00. The van der Waals surface area contributed by atoms with E-state index in [2.05, 4.69) is 4.90 Å². The number of rotatable bonds is 3. The van der Waals surface area contributed by atoms with Crippen LogP contribution in [0.15, 0.2) is 58.3 Å². The van der Waals surface area contributed by atoms with Crippen LogP contribution in [0.25, 0.3) is 0 Å². The van der Waals surface area contributed by atoms with Gasteiger partial charge in [0, 0.05) is 32.1 Å². The van der Waals surface area contributed by atoms with Crippen LogP contribution in [0.5, 0.6) is 5.75 Å². The van der Waals surface area contributed by atoms with Gasteiger partial charge in [0.05, 0.1) is 22.0 Å². The van der Waals surface area contributed by atoms with Crippen molar-refractivity contribution in [2.24, 2.45) is 0 Å². The molecule has 0 atom stereocenters. The largest absolute Gasteiger partial charge is 0.490 e. The van der Waals surface area contributed by atoms with Crippen LogP contribution < -0.4 is 9.64 Å². The standard InChI is InChI=1S/C21H24N2O4S/c1-16(24)22-11-9-17(10-12-22)23-13-14-27-21-15-19(7-8-20(21)23)28(25,26)18-5-3-2-4-6-18/h2-8,15,17H,9-14H2,1H3. The van der Waals surface area contributed by atoms with Crippen molar-refractivity contribution in [1.82, 2.24) is 4.90 Å². The maximum atomic E-state index is 12.9. The van der Waals surface area contributed by atoms with Gasteiger partial charge in [-0.15, -0.1) is 0 Å². The Morgan fingerprint density at radius 2 is 1.71 bits per heavy atom. The highest BCUT2D eigenvalue weighted by molar-refractivity contribution is 7.91.